The van der Waals surface area contributed by atoms with E-state index in [1.165, 1.54) is 0 Å². The Morgan fingerprint density at radius 1 is 1.20 bits per heavy atom. The molecule has 0 saturated carbocycles. The molecule has 2 rings (SSSR count). The van der Waals surface area contributed by atoms with E-state index in [2.05, 4.69) is 5.32 Å². The molecular formula is C17H21NO2. The molecular weight excluding hydrogens is 250 g/mol. The van der Waals surface area contributed by atoms with Gasteiger partial charge in [-0.05, 0) is 31.5 Å². The van der Waals surface area contributed by atoms with Gasteiger partial charge in [0.2, 0.25) is 0 Å². The summed E-state index contributed by atoms with van der Waals surface area (Å²) in [5, 5.41) is 13.4. The predicted molar refractivity (Wildman–Crippen MR) is 81.1 cm³/mol. The molecule has 3 nitrogen and oxygen atoms in total. The van der Waals surface area contributed by atoms with Crippen LogP contribution in [0.15, 0.2) is 42.5 Å². The lowest BCUT2D eigenvalue weighted by molar-refractivity contribution is 0.405. The largest absolute Gasteiger partial charge is 0.508 e. The molecule has 0 spiro atoms. The van der Waals surface area contributed by atoms with Crippen LogP contribution in [0, 0.1) is 6.92 Å². The zero-order valence-electron chi connectivity index (χ0n) is 12.2. The monoisotopic (exact) mass is 271 g/mol. The third kappa shape index (κ3) is 3.31. The molecule has 20 heavy (non-hydrogen) atoms. The van der Waals surface area contributed by atoms with Gasteiger partial charge in [-0.15, -0.1) is 0 Å². The first kappa shape index (κ1) is 14.4. The molecule has 0 aliphatic carbocycles. The molecule has 0 aliphatic rings. The van der Waals surface area contributed by atoms with Crippen molar-refractivity contribution in [3.05, 3.63) is 59.2 Å². The average molecular weight is 271 g/mol. The number of para-hydroxylation sites is 1. The first-order valence-electron chi connectivity index (χ1n) is 6.76. The van der Waals surface area contributed by atoms with Gasteiger partial charge < -0.3 is 15.2 Å². The summed E-state index contributed by atoms with van der Waals surface area (Å²) < 4.78 is 5.33. The van der Waals surface area contributed by atoms with Gasteiger partial charge in [0, 0.05) is 23.7 Å². The van der Waals surface area contributed by atoms with Crippen LogP contribution in [-0.4, -0.2) is 12.2 Å². The molecule has 0 saturated heterocycles. The summed E-state index contributed by atoms with van der Waals surface area (Å²) in [7, 11) is 1.67. The van der Waals surface area contributed by atoms with Crippen molar-refractivity contribution in [1.29, 1.82) is 0 Å². The fourth-order valence-corrected chi connectivity index (χ4v) is 2.24. The van der Waals surface area contributed by atoms with Crippen LogP contribution in [0.2, 0.25) is 0 Å². The molecule has 0 amide bonds. The first-order chi connectivity index (χ1) is 9.61. The molecule has 2 aromatic rings. The molecule has 1 unspecified atom stereocenters. The summed E-state index contributed by atoms with van der Waals surface area (Å²) in [6.45, 7) is 4.70. The van der Waals surface area contributed by atoms with Crippen LogP contribution in [0.5, 0.6) is 11.5 Å². The van der Waals surface area contributed by atoms with Crippen LogP contribution in [0.25, 0.3) is 0 Å². The van der Waals surface area contributed by atoms with E-state index in [-0.39, 0.29) is 6.04 Å². The van der Waals surface area contributed by atoms with Gasteiger partial charge in [-0.3, -0.25) is 0 Å². The topological polar surface area (TPSA) is 41.5 Å². The number of methoxy groups -OCH3 is 1. The van der Waals surface area contributed by atoms with E-state index in [9.17, 15) is 5.11 Å². The van der Waals surface area contributed by atoms with E-state index in [1.807, 2.05) is 50.2 Å². The van der Waals surface area contributed by atoms with Crippen molar-refractivity contribution in [2.75, 3.05) is 7.11 Å². The van der Waals surface area contributed by atoms with Gasteiger partial charge >= 0.3 is 0 Å². The summed E-state index contributed by atoms with van der Waals surface area (Å²) in [6.07, 6.45) is 0. The molecule has 106 valence electrons. The molecule has 1 atom stereocenters. The van der Waals surface area contributed by atoms with Gasteiger partial charge in [-0.25, -0.2) is 0 Å². The second-order valence-corrected chi connectivity index (χ2v) is 4.98. The maximum atomic E-state index is 10.00. The van der Waals surface area contributed by atoms with E-state index >= 15 is 0 Å². The maximum Gasteiger partial charge on any atom is 0.123 e. The number of rotatable bonds is 5. The first-order valence-corrected chi connectivity index (χ1v) is 6.76. The fourth-order valence-electron chi connectivity index (χ4n) is 2.24. The Kier molecular flexibility index (Phi) is 4.64. The van der Waals surface area contributed by atoms with Crippen molar-refractivity contribution in [2.45, 2.75) is 26.4 Å². The molecule has 0 aliphatic heterocycles. The number of phenols is 1. The minimum atomic E-state index is 0.0699. The molecule has 2 aromatic carbocycles. The lowest BCUT2D eigenvalue weighted by Crippen LogP contribution is -2.18. The van der Waals surface area contributed by atoms with Crippen molar-refractivity contribution in [2.24, 2.45) is 0 Å². The van der Waals surface area contributed by atoms with Crippen molar-refractivity contribution in [3.8, 4) is 11.5 Å². The van der Waals surface area contributed by atoms with Gasteiger partial charge in [0.25, 0.3) is 0 Å². The summed E-state index contributed by atoms with van der Waals surface area (Å²) in [4.78, 5) is 0. The third-order valence-electron chi connectivity index (χ3n) is 3.44. The number of hydrogen-bond acceptors (Lipinski definition) is 3. The normalized spacial score (nSPS) is 12.2. The van der Waals surface area contributed by atoms with Crippen molar-refractivity contribution >= 4 is 0 Å². The van der Waals surface area contributed by atoms with Crippen LogP contribution in [0.1, 0.15) is 29.7 Å². The molecule has 0 radical (unpaired) electrons. The number of hydrogen-bond donors (Lipinski definition) is 2. The van der Waals surface area contributed by atoms with Gasteiger partial charge in [-0.2, -0.15) is 0 Å². The predicted octanol–water partition coefficient (Wildman–Crippen LogP) is 3.56. The minimum Gasteiger partial charge on any atom is -0.508 e. The van der Waals surface area contributed by atoms with Gasteiger partial charge in [0.1, 0.15) is 11.5 Å². The van der Waals surface area contributed by atoms with E-state index in [4.69, 9.17) is 4.74 Å². The minimum absolute atomic E-state index is 0.0699. The van der Waals surface area contributed by atoms with Gasteiger partial charge in [-0.1, -0.05) is 30.3 Å². The van der Waals surface area contributed by atoms with Gasteiger partial charge in [0.15, 0.2) is 0 Å². The Balaban J connectivity index is 2.06. The van der Waals surface area contributed by atoms with Crippen LogP contribution >= 0.6 is 0 Å². The second kappa shape index (κ2) is 6.44. The number of ether oxygens (including phenoxy) is 1. The summed E-state index contributed by atoms with van der Waals surface area (Å²) in [5.41, 5.74) is 3.07. The molecule has 0 aromatic heterocycles. The number of phenolic OH excluding ortho intramolecular Hbond substituents is 1. The van der Waals surface area contributed by atoms with Crippen LogP contribution in [0.4, 0.5) is 0 Å². The number of aryl methyl sites for hydroxylation is 1. The SMILES string of the molecule is COc1ccccc1CNC(C)c1ccc(C)cc1O. The van der Waals surface area contributed by atoms with E-state index < -0.39 is 0 Å². The average Bonchev–Trinajstić information content (AvgIpc) is 2.45. The highest BCUT2D eigenvalue weighted by Crippen LogP contribution is 2.26. The maximum absolute atomic E-state index is 10.00. The second-order valence-electron chi connectivity index (χ2n) is 4.98. The highest BCUT2D eigenvalue weighted by Gasteiger charge is 2.11. The number of benzene rings is 2. The molecule has 0 heterocycles. The van der Waals surface area contributed by atoms with Crippen molar-refractivity contribution in [1.82, 2.24) is 5.32 Å². The Hall–Kier alpha value is -2.00. The standard InChI is InChI=1S/C17H21NO2/c1-12-8-9-15(16(19)10-12)13(2)18-11-14-6-4-5-7-17(14)20-3/h4-10,13,18-19H,11H2,1-3H3. The fraction of sp³-hybridized carbons (Fsp3) is 0.294. The Bertz CT molecular complexity index is 581. The Labute approximate surface area is 120 Å². The third-order valence-corrected chi connectivity index (χ3v) is 3.44. The van der Waals surface area contributed by atoms with Crippen molar-refractivity contribution < 1.29 is 9.84 Å². The molecule has 3 heteroatoms. The Morgan fingerprint density at radius 3 is 2.65 bits per heavy atom. The zero-order valence-corrected chi connectivity index (χ0v) is 12.2. The van der Waals surface area contributed by atoms with Gasteiger partial charge in [0.05, 0.1) is 7.11 Å². The Morgan fingerprint density at radius 2 is 1.95 bits per heavy atom. The van der Waals surface area contributed by atoms with E-state index in [1.54, 1.807) is 13.2 Å². The smallest absolute Gasteiger partial charge is 0.123 e. The van der Waals surface area contributed by atoms with Crippen LogP contribution in [0.3, 0.4) is 0 Å². The highest BCUT2D eigenvalue weighted by atomic mass is 16.5. The highest BCUT2D eigenvalue weighted by molar-refractivity contribution is 5.38. The molecule has 0 fully saturated rings. The zero-order chi connectivity index (χ0) is 14.5. The lowest BCUT2D eigenvalue weighted by Gasteiger charge is -2.17. The van der Waals surface area contributed by atoms with E-state index in [0.717, 1.165) is 22.4 Å². The summed E-state index contributed by atoms with van der Waals surface area (Å²) in [5.74, 6) is 1.21. The van der Waals surface area contributed by atoms with Crippen molar-refractivity contribution in [3.63, 3.8) is 0 Å². The van der Waals surface area contributed by atoms with Crippen LogP contribution < -0.4 is 10.1 Å². The lowest BCUT2D eigenvalue weighted by atomic mass is 10.0. The van der Waals surface area contributed by atoms with E-state index in [0.29, 0.717) is 12.3 Å². The number of nitrogens with one attached hydrogen (secondary N) is 1. The van der Waals surface area contributed by atoms with Crippen LogP contribution in [-0.2, 0) is 6.54 Å². The summed E-state index contributed by atoms with van der Waals surface area (Å²) in [6, 6.07) is 13.8. The number of aromatic hydroxyl groups is 1. The molecule has 0 bridgehead atoms. The quantitative estimate of drug-likeness (QED) is 0.873. The summed E-state index contributed by atoms with van der Waals surface area (Å²) >= 11 is 0. The molecule has 2 N–H and O–H groups in total.